The first-order valence-electron chi connectivity index (χ1n) is 7.99. The van der Waals surface area contributed by atoms with Gasteiger partial charge in [0.1, 0.15) is 17.6 Å². The van der Waals surface area contributed by atoms with E-state index in [4.69, 9.17) is 21.1 Å². The van der Waals surface area contributed by atoms with E-state index in [0.717, 1.165) is 5.75 Å². The van der Waals surface area contributed by atoms with Crippen molar-refractivity contribution in [1.82, 2.24) is 0 Å². The SMILES string of the molecule is COc1ccc(S(=O)(=O)C2=C(c3ccc(Cl)cc3)OC(CSC)C2)cc1. The Balaban J connectivity index is 2.05. The second-order valence-electron chi connectivity index (χ2n) is 5.84. The lowest BCUT2D eigenvalue weighted by molar-refractivity contribution is 0.215. The molecule has 0 radical (unpaired) electrons. The molecule has 0 spiro atoms. The number of hydrogen-bond acceptors (Lipinski definition) is 5. The smallest absolute Gasteiger partial charge is 0.206 e. The molecule has 0 N–H and O–H groups in total. The number of thioether (sulfide) groups is 1. The minimum atomic E-state index is -3.67. The molecule has 4 nitrogen and oxygen atoms in total. The van der Waals surface area contributed by atoms with Crippen molar-refractivity contribution in [2.45, 2.75) is 17.4 Å². The molecule has 7 heteroatoms. The van der Waals surface area contributed by atoms with Crippen molar-refractivity contribution in [1.29, 1.82) is 0 Å². The fourth-order valence-corrected chi connectivity index (χ4v) is 5.09. The zero-order chi connectivity index (χ0) is 18.7. The summed E-state index contributed by atoms with van der Waals surface area (Å²) < 4.78 is 37.6. The maximum atomic E-state index is 13.2. The molecule has 138 valence electrons. The van der Waals surface area contributed by atoms with E-state index in [1.54, 1.807) is 67.4 Å². The minimum Gasteiger partial charge on any atom is -0.497 e. The van der Waals surface area contributed by atoms with Crippen LogP contribution in [0.4, 0.5) is 0 Å². The van der Waals surface area contributed by atoms with Gasteiger partial charge in [-0.25, -0.2) is 8.42 Å². The summed E-state index contributed by atoms with van der Waals surface area (Å²) in [6.07, 6.45) is 2.16. The zero-order valence-electron chi connectivity index (χ0n) is 14.4. The highest BCUT2D eigenvalue weighted by Gasteiger charge is 2.35. The molecule has 0 aromatic heterocycles. The number of halogens is 1. The van der Waals surface area contributed by atoms with Gasteiger partial charge in [0.25, 0.3) is 0 Å². The second-order valence-corrected chi connectivity index (χ2v) is 9.16. The van der Waals surface area contributed by atoms with Gasteiger partial charge >= 0.3 is 0 Å². The van der Waals surface area contributed by atoms with Gasteiger partial charge in [-0.2, -0.15) is 11.8 Å². The van der Waals surface area contributed by atoms with Crippen LogP contribution in [-0.4, -0.2) is 33.6 Å². The maximum Gasteiger partial charge on any atom is 0.206 e. The van der Waals surface area contributed by atoms with E-state index in [1.807, 2.05) is 6.26 Å². The van der Waals surface area contributed by atoms with Gasteiger partial charge in [0, 0.05) is 22.8 Å². The molecule has 1 aliphatic heterocycles. The third-order valence-electron chi connectivity index (χ3n) is 4.10. The van der Waals surface area contributed by atoms with Crippen LogP contribution in [0.25, 0.3) is 5.76 Å². The molecule has 0 fully saturated rings. The Kier molecular flexibility index (Phi) is 5.85. The predicted octanol–water partition coefficient (Wildman–Crippen LogP) is 4.64. The summed E-state index contributed by atoms with van der Waals surface area (Å²) in [6.45, 7) is 0. The Hall–Kier alpha value is -1.63. The van der Waals surface area contributed by atoms with Crippen molar-refractivity contribution in [2.24, 2.45) is 0 Å². The van der Waals surface area contributed by atoms with Crippen molar-refractivity contribution in [3.8, 4) is 5.75 Å². The van der Waals surface area contributed by atoms with Gasteiger partial charge in [0.05, 0.1) is 16.9 Å². The van der Waals surface area contributed by atoms with Crippen LogP contribution < -0.4 is 4.74 Å². The molecule has 26 heavy (non-hydrogen) atoms. The molecule has 2 aromatic rings. The van der Waals surface area contributed by atoms with E-state index in [0.29, 0.717) is 33.4 Å². The largest absolute Gasteiger partial charge is 0.497 e. The van der Waals surface area contributed by atoms with Crippen LogP contribution in [0.15, 0.2) is 58.3 Å². The van der Waals surface area contributed by atoms with E-state index in [2.05, 4.69) is 0 Å². The van der Waals surface area contributed by atoms with Crippen molar-refractivity contribution in [3.05, 3.63) is 64.0 Å². The summed E-state index contributed by atoms with van der Waals surface area (Å²) in [5, 5.41) is 0.590. The molecule has 2 aromatic carbocycles. The van der Waals surface area contributed by atoms with E-state index in [-0.39, 0.29) is 11.0 Å². The lowest BCUT2D eigenvalue weighted by atomic mass is 10.2. The van der Waals surface area contributed by atoms with Gasteiger partial charge < -0.3 is 9.47 Å². The molecule has 1 aliphatic rings. The lowest BCUT2D eigenvalue weighted by Crippen LogP contribution is -2.11. The summed E-state index contributed by atoms with van der Waals surface area (Å²) in [4.78, 5) is 0.539. The minimum absolute atomic E-state index is 0.168. The monoisotopic (exact) mass is 410 g/mol. The number of benzene rings is 2. The molecule has 1 heterocycles. The van der Waals surface area contributed by atoms with Gasteiger partial charge in [-0.15, -0.1) is 0 Å². The first kappa shape index (κ1) is 19.1. The van der Waals surface area contributed by atoms with Crippen molar-refractivity contribution in [2.75, 3.05) is 19.1 Å². The summed E-state index contributed by atoms with van der Waals surface area (Å²) in [7, 11) is -2.12. The van der Waals surface area contributed by atoms with E-state index in [9.17, 15) is 8.42 Å². The van der Waals surface area contributed by atoms with Gasteiger partial charge in [-0.1, -0.05) is 11.6 Å². The van der Waals surface area contributed by atoms with Crippen molar-refractivity contribution < 1.29 is 17.9 Å². The van der Waals surface area contributed by atoms with Crippen LogP contribution in [0.3, 0.4) is 0 Å². The van der Waals surface area contributed by atoms with Crippen LogP contribution in [0.5, 0.6) is 5.75 Å². The van der Waals surface area contributed by atoms with Gasteiger partial charge in [0.15, 0.2) is 0 Å². The highest BCUT2D eigenvalue weighted by Crippen LogP contribution is 2.39. The van der Waals surface area contributed by atoms with Crippen LogP contribution in [0.1, 0.15) is 12.0 Å². The first-order valence-corrected chi connectivity index (χ1v) is 11.2. The maximum absolute atomic E-state index is 13.2. The Bertz CT molecular complexity index is 904. The van der Waals surface area contributed by atoms with Gasteiger partial charge in [-0.05, 0) is 54.8 Å². The zero-order valence-corrected chi connectivity index (χ0v) is 16.8. The Morgan fingerprint density at radius 3 is 2.38 bits per heavy atom. The molecule has 3 rings (SSSR count). The number of sulfone groups is 1. The third-order valence-corrected chi connectivity index (χ3v) is 6.95. The summed E-state index contributed by atoms with van der Waals surface area (Å²) in [5.74, 6) is 1.74. The normalized spacial score (nSPS) is 17.3. The van der Waals surface area contributed by atoms with Gasteiger partial charge in [-0.3, -0.25) is 0 Å². The second kappa shape index (κ2) is 7.94. The van der Waals surface area contributed by atoms with E-state index < -0.39 is 9.84 Å². The molecule has 0 aliphatic carbocycles. The average Bonchev–Trinajstić information content (AvgIpc) is 3.07. The molecule has 0 bridgehead atoms. The predicted molar refractivity (Wildman–Crippen MR) is 106 cm³/mol. The lowest BCUT2D eigenvalue weighted by Gasteiger charge is -2.11. The van der Waals surface area contributed by atoms with Crippen molar-refractivity contribution in [3.63, 3.8) is 0 Å². The summed E-state index contributed by atoms with van der Waals surface area (Å²) >= 11 is 7.59. The highest BCUT2D eigenvalue weighted by molar-refractivity contribution is 7.98. The summed E-state index contributed by atoms with van der Waals surface area (Å²) in [5.41, 5.74) is 0.713. The Morgan fingerprint density at radius 2 is 1.81 bits per heavy atom. The third kappa shape index (κ3) is 3.87. The molecule has 0 saturated carbocycles. The molecule has 0 saturated heterocycles. The Labute approximate surface area is 163 Å². The molecule has 1 unspecified atom stereocenters. The fraction of sp³-hybridized carbons (Fsp3) is 0.263. The summed E-state index contributed by atoms with van der Waals surface area (Å²) in [6, 6.07) is 13.4. The number of methoxy groups -OCH3 is 1. The molecule has 1 atom stereocenters. The van der Waals surface area contributed by atoms with Crippen LogP contribution in [0, 0.1) is 0 Å². The standard InChI is InChI=1S/C19H19ClO4S2/c1-23-15-7-9-17(10-8-15)26(21,22)18-11-16(12-25-2)24-19(18)13-3-5-14(20)6-4-13/h3-10,16H,11-12H2,1-2H3. The highest BCUT2D eigenvalue weighted by atomic mass is 35.5. The molecule has 0 amide bonds. The fourth-order valence-electron chi connectivity index (χ4n) is 2.81. The number of ether oxygens (including phenoxy) is 2. The topological polar surface area (TPSA) is 52.6 Å². The quantitative estimate of drug-likeness (QED) is 0.694. The molecular weight excluding hydrogens is 392 g/mol. The van der Waals surface area contributed by atoms with Gasteiger partial charge in [0.2, 0.25) is 9.84 Å². The van der Waals surface area contributed by atoms with Crippen LogP contribution in [0.2, 0.25) is 5.02 Å². The number of rotatable bonds is 6. The Morgan fingerprint density at radius 1 is 1.15 bits per heavy atom. The van der Waals surface area contributed by atoms with Crippen molar-refractivity contribution >= 4 is 39.0 Å². The average molecular weight is 411 g/mol. The first-order chi connectivity index (χ1) is 12.5. The van der Waals surface area contributed by atoms with Crippen LogP contribution in [-0.2, 0) is 14.6 Å². The van der Waals surface area contributed by atoms with E-state index >= 15 is 0 Å². The molecular formula is C19H19ClO4S2. The number of hydrogen-bond donors (Lipinski definition) is 0. The van der Waals surface area contributed by atoms with Crippen LogP contribution >= 0.6 is 23.4 Å². The van der Waals surface area contributed by atoms with E-state index in [1.165, 1.54) is 0 Å².